The van der Waals surface area contributed by atoms with Gasteiger partial charge in [-0.1, -0.05) is 0 Å². The van der Waals surface area contributed by atoms with Crippen molar-refractivity contribution in [1.29, 1.82) is 0 Å². The monoisotopic (exact) mass is 796 g/mol. The minimum Gasteiger partial charge on any atom is -0.394 e. The summed E-state index contributed by atoms with van der Waals surface area (Å²) in [5.74, 6) is 0. The molecule has 5 heterocycles. The number of ether oxygens (including phenoxy) is 9. The van der Waals surface area contributed by atoms with Crippen molar-refractivity contribution in [3.8, 4) is 0 Å². The van der Waals surface area contributed by atoms with Gasteiger partial charge in [0.25, 0.3) is 0 Å². The molecule has 0 bridgehead atoms. The van der Waals surface area contributed by atoms with E-state index in [1.165, 1.54) is 13.8 Å². The standard InChI is InChI=1S/C30H52O24/c1-6-11(34)15(38)18(41)27(46-6)53-24-21(44)26(45)48-10(5-33)22(24)51-30-25(54-28-19(42)16(39)12(35)7(2)47-28)23(14(37)9(4-32)50-30)52-29-20(43)17(40)13(36)8(3-31)49-29/h6-45H,3-5H2,1-2H3/t6-,7-,8+,9+,10+,11+,12+,13-,14-,15+,16+,17-,18-,19-,20+,21+,22+,23-,24+,25+,26-,27-,28-,29+,30-/m0/s1. The van der Waals surface area contributed by atoms with E-state index in [4.69, 9.17) is 42.6 Å². The molecule has 24 heteroatoms. The molecule has 0 saturated carbocycles. The van der Waals surface area contributed by atoms with Gasteiger partial charge in [0.15, 0.2) is 31.5 Å². The van der Waals surface area contributed by atoms with E-state index in [2.05, 4.69) is 0 Å². The fourth-order valence-electron chi connectivity index (χ4n) is 6.88. The lowest BCUT2D eigenvalue weighted by Gasteiger charge is -2.51. The molecule has 5 rings (SSSR count). The Balaban J connectivity index is 1.51. The van der Waals surface area contributed by atoms with E-state index in [0.29, 0.717) is 0 Å². The Morgan fingerprint density at radius 1 is 0.333 bits per heavy atom. The van der Waals surface area contributed by atoms with Gasteiger partial charge in [0.2, 0.25) is 0 Å². The van der Waals surface area contributed by atoms with Gasteiger partial charge in [-0.15, -0.1) is 0 Å². The third-order valence-electron chi connectivity index (χ3n) is 10.2. The summed E-state index contributed by atoms with van der Waals surface area (Å²) in [7, 11) is 0. The number of aliphatic hydroxyl groups is 15. The first-order valence-corrected chi connectivity index (χ1v) is 17.3. The molecule has 5 fully saturated rings. The van der Waals surface area contributed by atoms with Crippen molar-refractivity contribution in [1.82, 2.24) is 0 Å². The highest BCUT2D eigenvalue weighted by molar-refractivity contribution is 4.99. The maximum Gasteiger partial charge on any atom is 0.187 e. The van der Waals surface area contributed by atoms with Crippen LogP contribution in [0.4, 0.5) is 0 Å². The Kier molecular flexibility index (Phi) is 15.0. The lowest BCUT2D eigenvalue weighted by Crippen LogP contribution is -2.69. The SMILES string of the molecule is C[C@@H]1O[C@@H](O[C@@H]2[C@@H](O)[C@@H](O)O[C@H](CO)[C@H]2O[C@@H]2O[C@H](CO)[C@H](O)[C@H](O[C@H]3O[C@H](CO)[C@H](O)[C@H](O)[C@H]3O)[C@H]2O[C@@H]2O[C@@H](C)[C@@H](O)[C@@H](O)[C@@H]2O)[C@@H](O)[C@H](O)[C@@H]1O. The van der Waals surface area contributed by atoms with Gasteiger partial charge >= 0.3 is 0 Å². The van der Waals surface area contributed by atoms with E-state index in [1.807, 2.05) is 0 Å². The molecular weight excluding hydrogens is 744 g/mol. The molecule has 24 nitrogen and oxygen atoms in total. The normalized spacial score (nSPS) is 54.7. The summed E-state index contributed by atoms with van der Waals surface area (Å²) in [5.41, 5.74) is 0. The maximum atomic E-state index is 11.4. The lowest BCUT2D eigenvalue weighted by atomic mass is 9.95. The van der Waals surface area contributed by atoms with Crippen molar-refractivity contribution in [2.75, 3.05) is 19.8 Å². The fourth-order valence-corrected chi connectivity index (χ4v) is 6.88. The van der Waals surface area contributed by atoms with Crippen LogP contribution in [-0.4, -0.2) is 250 Å². The molecule has 5 saturated heterocycles. The second kappa shape index (κ2) is 18.3. The zero-order valence-corrected chi connectivity index (χ0v) is 28.9. The van der Waals surface area contributed by atoms with Gasteiger partial charge in [-0.25, -0.2) is 0 Å². The summed E-state index contributed by atoms with van der Waals surface area (Å²) in [6.45, 7) is -0.152. The van der Waals surface area contributed by atoms with E-state index in [-0.39, 0.29) is 0 Å². The Bertz CT molecular complexity index is 1170. The van der Waals surface area contributed by atoms with Crippen LogP contribution in [0.1, 0.15) is 13.8 Å². The molecule has 0 spiro atoms. The molecule has 0 aliphatic carbocycles. The molecule has 0 aromatic rings. The average Bonchev–Trinajstić information content (AvgIpc) is 3.15. The number of hydrogen-bond acceptors (Lipinski definition) is 24. The smallest absolute Gasteiger partial charge is 0.187 e. The molecule has 54 heavy (non-hydrogen) atoms. The minimum atomic E-state index is -2.06. The van der Waals surface area contributed by atoms with Crippen LogP contribution in [0.15, 0.2) is 0 Å². The van der Waals surface area contributed by atoms with Gasteiger partial charge in [0, 0.05) is 0 Å². The van der Waals surface area contributed by atoms with Gasteiger partial charge in [0.05, 0.1) is 32.0 Å². The molecule has 0 aromatic heterocycles. The van der Waals surface area contributed by atoms with E-state index in [9.17, 15) is 76.6 Å². The highest BCUT2D eigenvalue weighted by Gasteiger charge is 2.57. The minimum absolute atomic E-state index is 0.875. The van der Waals surface area contributed by atoms with Gasteiger partial charge in [-0.2, -0.15) is 0 Å². The van der Waals surface area contributed by atoms with Gasteiger partial charge in [-0.3, -0.25) is 0 Å². The molecule has 0 unspecified atom stereocenters. The molecule has 0 aromatic carbocycles. The van der Waals surface area contributed by atoms with Crippen LogP contribution in [0.5, 0.6) is 0 Å². The second-order valence-corrected chi connectivity index (χ2v) is 13.9. The van der Waals surface area contributed by atoms with Crippen LogP contribution in [0, 0.1) is 0 Å². The van der Waals surface area contributed by atoms with Crippen LogP contribution in [0.25, 0.3) is 0 Å². The van der Waals surface area contributed by atoms with Crippen LogP contribution in [0.3, 0.4) is 0 Å². The largest absolute Gasteiger partial charge is 0.394 e. The molecule has 5 aliphatic heterocycles. The number of rotatable bonds is 11. The van der Waals surface area contributed by atoms with Gasteiger partial charge < -0.3 is 119 Å². The third-order valence-corrected chi connectivity index (χ3v) is 10.2. The highest BCUT2D eigenvalue weighted by atomic mass is 16.8. The van der Waals surface area contributed by atoms with Crippen molar-refractivity contribution in [2.45, 2.75) is 167 Å². The Labute approximate surface area is 306 Å². The van der Waals surface area contributed by atoms with Crippen molar-refractivity contribution in [3.63, 3.8) is 0 Å². The van der Waals surface area contributed by atoms with E-state index >= 15 is 0 Å². The van der Waals surface area contributed by atoms with Crippen LogP contribution >= 0.6 is 0 Å². The molecule has 25 atom stereocenters. The Morgan fingerprint density at radius 3 is 1.19 bits per heavy atom. The zero-order valence-electron chi connectivity index (χ0n) is 28.9. The number of hydrogen-bond donors (Lipinski definition) is 15. The fraction of sp³-hybridized carbons (Fsp3) is 1.00. The Hall–Kier alpha value is -0.960. The molecular formula is C30H52O24. The first-order valence-electron chi connectivity index (χ1n) is 17.3. The summed E-state index contributed by atoms with van der Waals surface area (Å²) in [4.78, 5) is 0. The average molecular weight is 797 g/mol. The summed E-state index contributed by atoms with van der Waals surface area (Å²) in [6, 6.07) is 0. The van der Waals surface area contributed by atoms with E-state index in [0.717, 1.165) is 0 Å². The van der Waals surface area contributed by atoms with Crippen molar-refractivity contribution in [3.05, 3.63) is 0 Å². The van der Waals surface area contributed by atoms with Crippen LogP contribution in [0.2, 0.25) is 0 Å². The molecule has 5 aliphatic rings. The predicted molar refractivity (Wildman–Crippen MR) is 164 cm³/mol. The van der Waals surface area contributed by atoms with Gasteiger partial charge in [0.1, 0.15) is 110 Å². The van der Waals surface area contributed by atoms with Crippen molar-refractivity contribution in [2.24, 2.45) is 0 Å². The summed E-state index contributed by atoms with van der Waals surface area (Å²) in [6.07, 6.45) is -45.0. The summed E-state index contributed by atoms with van der Waals surface area (Å²) in [5, 5.41) is 157. The quantitative estimate of drug-likeness (QED) is 0.0923. The van der Waals surface area contributed by atoms with Crippen LogP contribution < -0.4 is 0 Å². The topological polar surface area (TPSA) is 387 Å². The van der Waals surface area contributed by atoms with E-state index < -0.39 is 173 Å². The third kappa shape index (κ3) is 8.72. The Morgan fingerprint density at radius 2 is 0.704 bits per heavy atom. The van der Waals surface area contributed by atoms with Gasteiger partial charge in [-0.05, 0) is 13.8 Å². The van der Waals surface area contributed by atoms with Crippen molar-refractivity contribution >= 4 is 0 Å². The van der Waals surface area contributed by atoms with Crippen molar-refractivity contribution < 1.29 is 119 Å². The molecule has 0 amide bonds. The zero-order chi connectivity index (χ0) is 39.9. The first-order chi connectivity index (χ1) is 25.4. The molecule has 15 N–H and O–H groups in total. The number of aliphatic hydroxyl groups excluding tert-OH is 15. The summed E-state index contributed by atoms with van der Waals surface area (Å²) >= 11 is 0. The molecule has 316 valence electrons. The van der Waals surface area contributed by atoms with Crippen LogP contribution in [-0.2, 0) is 42.6 Å². The second-order valence-electron chi connectivity index (χ2n) is 13.9. The van der Waals surface area contributed by atoms with E-state index in [1.54, 1.807) is 0 Å². The summed E-state index contributed by atoms with van der Waals surface area (Å²) < 4.78 is 51.3. The maximum absolute atomic E-state index is 11.4. The molecule has 0 radical (unpaired) electrons. The highest BCUT2D eigenvalue weighted by Crippen LogP contribution is 2.37. The lowest BCUT2D eigenvalue weighted by molar-refractivity contribution is -0.411. The first kappa shape index (κ1) is 44.1. The predicted octanol–water partition coefficient (Wildman–Crippen LogP) is -9.87.